The lowest BCUT2D eigenvalue weighted by Gasteiger charge is -2.32. The van der Waals surface area contributed by atoms with Crippen molar-refractivity contribution < 1.29 is 17.9 Å². The van der Waals surface area contributed by atoms with E-state index in [1.165, 1.54) is 17.0 Å². The van der Waals surface area contributed by atoms with Gasteiger partial charge in [-0.2, -0.15) is 4.31 Å². The molecule has 2 aromatic rings. The molecule has 1 amide bonds. The number of hydrogen-bond donors (Lipinski definition) is 1. The number of carbonyl (C=O) groups is 1. The number of rotatable bonds is 7. The number of nitrogens with one attached hydrogen (secondary N) is 1. The second-order valence-corrected chi connectivity index (χ2v) is 9.70. The van der Waals surface area contributed by atoms with Gasteiger partial charge in [-0.1, -0.05) is 36.8 Å². The highest BCUT2D eigenvalue weighted by atomic mass is 32.2. The van der Waals surface area contributed by atoms with Crippen LogP contribution in [0, 0.1) is 12.8 Å². The molecule has 2 atom stereocenters. The molecular formula is C23H30N2O4S. The molecule has 6 nitrogen and oxygen atoms in total. The second kappa shape index (κ2) is 9.62. The molecule has 1 fully saturated rings. The minimum absolute atomic E-state index is 0.0772. The van der Waals surface area contributed by atoms with Crippen molar-refractivity contribution in [2.45, 2.75) is 44.0 Å². The van der Waals surface area contributed by atoms with Gasteiger partial charge in [0.1, 0.15) is 5.75 Å². The molecule has 1 N–H and O–H groups in total. The van der Waals surface area contributed by atoms with Crippen molar-refractivity contribution in [2.24, 2.45) is 5.92 Å². The fraction of sp³-hybridized carbons (Fsp3) is 0.435. The molecule has 7 heteroatoms. The number of aryl methyl sites for hydroxylation is 1. The predicted molar refractivity (Wildman–Crippen MR) is 117 cm³/mol. The van der Waals surface area contributed by atoms with Crippen molar-refractivity contribution in [1.82, 2.24) is 9.62 Å². The van der Waals surface area contributed by atoms with Crippen LogP contribution in [0.2, 0.25) is 0 Å². The van der Waals surface area contributed by atoms with E-state index in [-0.39, 0.29) is 29.3 Å². The van der Waals surface area contributed by atoms with Crippen LogP contribution >= 0.6 is 0 Å². The number of benzene rings is 2. The van der Waals surface area contributed by atoms with Crippen molar-refractivity contribution in [3.63, 3.8) is 0 Å². The fourth-order valence-electron chi connectivity index (χ4n) is 3.78. The summed E-state index contributed by atoms with van der Waals surface area (Å²) in [5.74, 6) is 0.162. The van der Waals surface area contributed by atoms with Crippen LogP contribution in [0.5, 0.6) is 5.75 Å². The first-order valence-electron chi connectivity index (χ1n) is 10.4. The zero-order valence-electron chi connectivity index (χ0n) is 17.8. The summed E-state index contributed by atoms with van der Waals surface area (Å²) in [6, 6.07) is 14.4. The zero-order valence-corrected chi connectivity index (χ0v) is 18.6. The van der Waals surface area contributed by atoms with Gasteiger partial charge in [0.25, 0.3) is 0 Å². The number of ether oxygens (including phenoxy) is 1. The third-order valence-corrected chi connectivity index (χ3v) is 7.54. The molecule has 1 heterocycles. The van der Waals surface area contributed by atoms with Crippen molar-refractivity contribution in [1.29, 1.82) is 0 Å². The first kappa shape index (κ1) is 22.3. The molecule has 0 aliphatic carbocycles. The van der Waals surface area contributed by atoms with E-state index in [9.17, 15) is 13.2 Å². The number of carbonyl (C=O) groups excluding carboxylic acids is 1. The fourth-order valence-corrected chi connectivity index (χ4v) is 5.30. The van der Waals surface area contributed by atoms with Gasteiger partial charge in [-0.3, -0.25) is 4.79 Å². The van der Waals surface area contributed by atoms with Crippen molar-refractivity contribution in [3.05, 3.63) is 59.7 Å². The van der Waals surface area contributed by atoms with Crippen LogP contribution in [-0.4, -0.2) is 38.8 Å². The standard InChI is InChI=1S/C23H30N2O4S/c1-4-22(18-9-7-17(2)8-10-18)24-23(26)19-6-5-15-25(16-19)30(27,28)21-13-11-20(29-3)12-14-21/h7-14,19,22H,4-6,15-16H2,1-3H3,(H,24,26)/t19-,22+/m1/s1. The van der Waals surface area contributed by atoms with Gasteiger partial charge in [0, 0.05) is 13.1 Å². The predicted octanol–water partition coefficient (Wildman–Crippen LogP) is 3.67. The van der Waals surface area contributed by atoms with Gasteiger partial charge in [-0.15, -0.1) is 0 Å². The Labute approximate surface area is 179 Å². The van der Waals surface area contributed by atoms with Gasteiger partial charge < -0.3 is 10.1 Å². The maximum absolute atomic E-state index is 13.0. The average molecular weight is 431 g/mol. The molecule has 0 aromatic heterocycles. The van der Waals surface area contributed by atoms with Crippen LogP contribution in [0.4, 0.5) is 0 Å². The van der Waals surface area contributed by atoms with E-state index in [1.807, 2.05) is 38.1 Å². The van der Waals surface area contributed by atoms with Crippen LogP contribution in [0.15, 0.2) is 53.4 Å². The summed E-state index contributed by atoms with van der Waals surface area (Å²) in [5.41, 5.74) is 2.24. The third-order valence-electron chi connectivity index (χ3n) is 5.66. The molecule has 30 heavy (non-hydrogen) atoms. The zero-order chi connectivity index (χ0) is 21.7. The van der Waals surface area contributed by atoms with Crippen molar-refractivity contribution in [2.75, 3.05) is 20.2 Å². The number of amides is 1. The summed E-state index contributed by atoms with van der Waals surface area (Å²) < 4.78 is 32.6. The Morgan fingerprint density at radius 2 is 1.83 bits per heavy atom. The lowest BCUT2D eigenvalue weighted by Crippen LogP contribution is -2.46. The molecule has 3 rings (SSSR count). The molecule has 0 unspecified atom stereocenters. The highest BCUT2D eigenvalue weighted by Crippen LogP contribution is 2.26. The summed E-state index contributed by atoms with van der Waals surface area (Å²) in [4.78, 5) is 13.2. The Bertz CT molecular complexity index is 956. The van der Waals surface area contributed by atoms with Crippen LogP contribution in [0.3, 0.4) is 0 Å². The number of hydrogen-bond acceptors (Lipinski definition) is 4. The molecule has 0 spiro atoms. The van der Waals surface area contributed by atoms with Crippen molar-refractivity contribution >= 4 is 15.9 Å². The maximum atomic E-state index is 13.0. The van der Waals surface area contributed by atoms with Crippen LogP contribution in [-0.2, 0) is 14.8 Å². The Morgan fingerprint density at radius 3 is 2.43 bits per heavy atom. The summed E-state index contributed by atoms with van der Waals surface area (Å²) >= 11 is 0. The monoisotopic (exact) mass is 430 g/mol. The van der Waals surface area contributed by atoms with Crippen molar-refractivity contribution in [3.8, 4) is 5.75 Å². The normalized spacial score (nSPS) is 18.6. The molecule has 0 saturated carbocycles. The minimum atomic E-state index is -3.65. The van der Waals surface area contributed by atoms with Gasteiger partial charge in [-0.05, 0) is 56.0 Å². The van der Waals surface area contributed by atoms with Gasteiger partial charge in [0.05, 0.1) is 24.0 Å². The second-order valence-electron chi connectivity index (χ2n) is 7.76. The van der Waals surface area contributed by atoms with E-state index in [1.54, 1.807) is 24.3 Å². The largest absolute Gasteiger partial charge is 0.497 e. The van der Waals surface area contributed by atoms with E-state index >= 15 is 0 Å². The lowest BCUT2D eigenvalue weighted by molar-refractivity contribution is -0.126. The number of piperidine rings is 1. The summed E-state index contributed by atoms with van der Waals surface area (Å²) in [6.45, 7) is 4.69. The van der Waals surface area contributed by atoms with E-state index < -0.39 is 10.0 Å². The molecule has 1 aliphatic rings. The molecular weight excluding hydrogens is 400 g/mol. The maximum Gasteiger partial charge on any atom is 0.243 e. The SMILES string of the molecule is CC[C@H](NC(=O)[C@@H]1CCCN(S(=O)(=O)c2ccc(OC)cc2)C1)c1ccc(C)cc1. The first-order valence-corrected chi connectivity index (χ1v) is 11.8. The van der Waals surface area contributed by atoms with Crippen LogP contribution in [0.1, 0.15) is 43.4 Å². The van der Waals surface area contributed by atoms with Gasteiger partial charge in [-0.25, -0.2) is 8.42 Å². The average Bonchev–Trinajstić information content (AvgIpc) is 2.78. The molecule has 162 valence electrons. The topological polar surface area (TPSA) is 75.7 Å². The van der Waals surface area contributed by atoms with E-state index in [2.05, 4.69) is 5.32 Å². The van der Waals surface area contributed by atoms with E-state index in [4.69, 9.17) is 4.74 Å². The number of methoxy groups -OCH3 is 1. The van der Waals surface area contributed by atoms with Gasteiger partial charge in [0.15, 0.2) is 0 Å². The third kappa shape index (κ3) is 5.02. The van der Waals surface area contributed by atoms with Gasteiger partial charge >= 0.3 is 0 Å². The molecule has 0 radical (unpaired) electrons. The van der Waals surface area contributed by atoms with E-state index in [0.717, 1.165) is 12.0 Å². The smallest absolute Gasteiger partial charge is 0.243 e. The molecule has 2 aromatic carbocycles. The number of nitrogens with zero attached hydrogens (tertiary/aromatic N) is 1. The lowest BCUT2D eigenvalue weighted by atomic mass is 9.97. The van der Waals surface area contributed by atoms with Crippen LogP contribution < -0.4 is 10.1 Å². The highest BCUT2D eigenvalue weighted by molar-refractivity contribution is 7.89. The molecule has 1 saturated heterocycles. The molecule has 1 aliphatic heterocycles. The Balaban J connectivity index is 1.69. The number of sulfonamides is 1. The molecule has 0 bridgehead atoms. The first-order chi connectivity index (χ1) is 14.3. The Hall–Kier alpha value is -2.38. The van der Waals surface area contributed by atoms with E-state index in [0.29, 0.717) is 25.1 Å². The Kier molecular flexibility index (Phi) is 7.15. The quantitative estimate of drug-likeness (QED) is 0.727. The summed E-state index contributed by atoms with van der Waals surface area (Å²) in [7, 11) is -2.11. The summed E-state index contributed by atoms with van der Waals surface area (Å²) in [5, 5.41) is 3.12. The van der Waals surface area contributed by atoms with Gasteiger partial charge in [0.2, 0.25) is 15.9 Å². The highest BCUT2D eigenvalue weighted by Gasteiger charge is 2.34. The minimum Gasteiger partial charge on any atom is -0.497 e. The Morgan fingerprint density at radius 1 is 1.17 bits per heavy atom. The summed E-state index contributed by atoms with van der Waals surface area (Å²) in [6.07, 6.45) is 2.12. The van der Waals surface area contributed by atoms with Crippen LogP contribution in [0.25, 0.3) is 0 Å².